The minimum atomic E-state index is -0.662. The average Bonchev–Trinajstić information content (AvgIpc) is 3.54. The average molecular weight is 572 g/mol. The van der Waals surface area contributed by atoms with Crippen molar-refractivity contribution >= 4 is 23.7 Å². The predicted molar refractivity (Wildman–Crippen MR) is 163 cm³/mol. The quantitative estimate of drug-likeness (QED) is 0.280. The Hall–Kier alpha value is -3.02. The molecule has 0 bridgehead atoms. The molecule has 0 saturated carbocycles. The first-order valence-electron chi connectivity index (χ1n) is 14.1. The summed E-state index contributed by atoms with van der Waals surface area (Å²) in [5, 5.41) is 7.98. The van der Waals surface area contributed by atoms with Crippen LogP contribution < -0.4 is 27.4 Å². The number of hydrogen-bond acceptors (Lipinski definition) is 8. The Labute approximate surface area is 242 Å². The van der Waals surface area contributed by atoms with Gasteiger partial charge < -0.3 is 36.9 Å². The Balaban J connectivity index is -0.000000280. The Bertz CT molecular complexity index is 740. The van der Waals surface area contributed by atoms with Crippen LogP contribution in [0.3, 0.4) is 0 Å². The standard InChI is InChI=1S/C15H23N3O3.C6H11NO2.C2H5NO.3C2H6/c1-17-13(10-11-6-4-3-5-7-11)15(20)21-9-8-12(16)14(19)18-2;1-7-6(8)5-2-3-9-4-5;1-2(3)4;3*1-2/h3-7,12-13,17H,8-10,16H2,1-2H3,(H,18,19);5H,2-4H2,1H3,(H,7,8);1H3,(H2,3,4);3*1-2H3/t12-,13-;5-;;;;/m01..../s1. The summed E-state index contributed by atoms with van der Waals surface area (Å²) in [5.41, 5.74) is 11.2. The van der Waals surface area contributed by atoms with Crippen molar-refractivity contribution < 1.29 is 28.7 Å². The normalized spacial score (nSPS) is 13.9. The second kappa shape index (κ2) is 32.2. The first-order valence-corrected chi connectivity index (χ1v) is 14.1. The molecule has 1 aliphatic rings. The lowest BCUT2D eigenvalue weighted by Gasteiger charge is -2.16. The molecule has 3 amide bonds. The van der Waals surface area contributed by atoms with E-state index in [2.05, 4.69) is 21.7 Å². The van der Waals surface area contributed by atoms with Crippen LogP contribution in [0.2, 0.25) is 0 Å². The van der Waals surface area contributed by atoms with Gasteiger partial charge in [-0.1, -0.05) is 71.9 Å². The van der Waals surface area contributed by atoms with Crippen molar-refractivity contribution in [2.45, 2.75) is 79.8 Å². The van der Waals surface area contributed by atoms with Gasteiger partial charge in [-0.3, -0.25) is 19.2 Å². The Morgan fingerprint density at radius 2 is 1.50 bits per heavy atom. The molecule has 3 atom stereocenters. The molecule has 11 nitrogen and oxygen atoms in total. The topological polar surface area (TPSA) is 175 Å². The van der Waals surface area contributed by atoms with E-state index in [1.54, 1.807) is 14.1 Å². The zero-order valence-corrected chi connectivity index (χ0v) is 26.5. The zero-order valence-electron chi connectivity index (χ0n) is 26.5. The van der Waals surface area contributed by atoms with E-state index in [0.717, 1.165) is 18.6 Å². The number of esters is 1. The number of ether oxygens (including phenoxy) is 2. The predicted octanol–water partition coefficient (Wildman–Crippen LogP) is 2.16. The molecule has 2 rings (SSSR count). The monoisotopic (exact) mass is 571 g/mol. The van der Waals surface area contributed by atoms with Crippen molar-refractivity contribution in [3.05, 3.63) is 35.9 Å². The molecule has 0 aromatic heterocycles. The Morgan fingerprint density at radius 3 is 1.90 bits per heavy atom. The minimum absolute atomic E-state index is 0.104. The summed E-state index contributed by atoms with van der Waals surface area (Å²) in [6.07, 6.45) is 1.73. The van der Waals surface area contributed by atoms with Crippen molar-refractivity contribution in [2.75, 3.05) is 41.0 Å². The third kappa shape index (κ3) is 25.3. The van der Waals surface area contributed by atoms with Crippen LogP contribution in [-0.4, -0.2) is 76.7 Å². The van der Waals surface area contributed by atoms with E-state index >= 15 is 0 Å². The summed E-state index contributed by atoms with van der Waals surface area (Å²) < 4.78 is 10.2. The van der Waals surface area contributed by atoms with Gasteiger partial charge in [-0.05, 0) is 25.5 Å². The summed E-state index contributed by atoms with van der Waals surface area (Å²) in [5.74, 6) is -0.728. The highest BCUT2D eigenvalue weighted by Gasteiger charge is 2.22. The molecule has 1 aromatic rings. The SMILES string of the molecule is CC.CC.CC.CC(N)=O.CNC(=O)[C@@H](N)CCOC(=O)[C@H](Cc1ccccc1)NC.CNC(=O)[C@@H]1CCOC1. The van der Waals surface area contributed by atoms with Crippen molar-refractivity contribution in [2.24, 2.45) is 17.4 Å². The third-order valence-corrected chi connectivity index (χ3v) is 4.72. The van der Waals surface area contributed by atoms with Crippen molar-refractivity contribution in [3.63, 3.8) is 0 Å². The van der Waals surface area contributed by atoms with Crippen molar-refractivity contribution in [3.8, 4) is 0 Å². The molecule has 1 aromatic carbocycles. The summed E-state index contributed by atoms with van der Waals surface area (Å²) in [6, 6.07) is 8.62. The molecule has 234 valence electrons. The van der Waals surface area contributed by atoms with Crippen LogP contribution >= 0.6 is 0 Å². The molecule has 0 radical (unpaired) electrons. The van der Waals surface area contributed by atoms with Crippen LogP contribution in [0, 0.1) is 5.92 Å². The summed E-state index contributed by atoms with van der Waals surface area (Å²) in [4.78, 5) is 43.2. The number of nitrogens with two attached hydrogens (primary N) is 2. The molecule has 1 fully saturated rings. The second-order valence-corrected chi connectivity index (χ2v) is 7.49. The van der Waals surface area contributed by atoms with Gasteiger partial charge >= 0.3 is 5.97 Å². The van der Waals surface area contributed by atoms with E-state index in [1.807, 2.05) is 71.9 Å². The maximum atomic E-state index is 12.0. The molecule has 40 heavy (non-hydrogen) atoms. The summed E-state index contributed by atoms with van der Waals surface area (Å²) >= 11 is 0. The molecule has 0 unspecified atom stereocenters. The van der Waals surface area contributed by atoms with Gasteiger partial charge in [-0.25, -0.2) is 0 Å². The molecule has 0 spiro atoms. The molecule has 0 aliphatic carbocycles. The highest BCUT2D eigenvalue weighted by molar-refractivity contribution is 5.81. The molecule has 1 heterocycles. The number of primary amides is 1. The number of carbonyl (C=O) groups excluding carboxylic acids is 4. The number of carbonyl (C=O) groups is 4. The van der Waals surface area contributed by atoms with Crippen LogP contribution in [0.15, 0.2) is 30.3 Å². The van der Waals surface area contributed by atoms with Gasteiger partial charge in [-0.2, -0.15) is 0 Å². The number of nitrogens with one attached hydrogen (secondary N) is 3. The van der Waals surface area contributed by atoms with Gasteiger partial charge in [-0.15, -0.1) is 0 Å². The van der Waals surface area contributed by atoms with Gasteiger partial charge in [0, 0.05) is 34.0 Å². The number of likely N-dealkylation sites (N-methyl/N-ethyl adjacent to an activating group) is 2. The van der Waals surface area contributed by atoms with Crippen LogP contribution in [0.25, 0.3) is 0 Å². The number of amides is 3. The van der Waals surface area contributed by atoms with E-state index in [-0.39, 0.29) is 36.2 Å². The lowest BCUT2D eigenvalue weighted by molar-refractivity contribution is -0.146. The van der Waals surface area contributed by atoms with E-state index in [0.29, 0.717) is 19.4 Å². The van der Waals surface area contributed by atoms with Gasteiger partial charge in [0.15, 0.2) is 0 Å². The lowest BCUT2D eigenvalue weighted by Crippen LogP contribution is -2.41. The van der Waals surface area contributed by atoms with E-state index in [1.165, 1.54) is 14.0 Å². The largest absolute Gasteiger partial charge is 0.464 e. The smallest absolute Gasteiger partial charge is 0.323 e. The number of benzene rings is 1. The van der Waals surface area contributed by atoms with E-state index in [9.17, 15) is 19.2 Å². The third-order valence-electron chi connectivity index (χ3n) is 4.72. The second-order valence-electron chi connectivity index (χ2n) is 7.49. The molecule has 11 heteroatoms. The fraction of sp³-hybridized carbons (Fsp3) is 0.655. The summed E-state index contributed by atoms with van der Waals surface area (Å²) in [6.45, 7) is 14.8. The first kappa shape index (κ1) is 44.0. The van der Waals surface area contributed by atoms with E-state index in [4.69, 9.17) is 15.2 Å². The molecule has 7 N–H and O–H groups in total. The van der Waals surface area contributed by atoms with Crippen LogP contribution in [0.1, 0.15) is 66.9 Å². The maximum absolute atomic E-state index is 12.0. The van der Waals surface area contributed by atoms with Gasteiger partial charge in [0.05, 0.1) is 25.2 Å². The van der Waals surface area contributed by atoms with Crippen molar-refractivity contribution in [1.29, 1.82) is 0 Å². The Kier molecular flexibility index (Phi) is 35.4. The Morgan fingerprint density at radius 1 is 0.975 bits per heavy atom. The van der Waals surface area contributed by atoms with E-state index < -0.39 is 12.1 Å². The minimum Gasteiger partial charge on any atom is -0.464 e. The maximum Gasteiger partial charge on any atom is 0.323 e. The fourth-order valence-electron chi connectivity index (χ4n) is 2.80. The van der Waals surface area contributed by atoms with Crippen molar-refractivity contribution in [1.82, 2.24) is 16.0 Å². The van der Waals surface area contributed by atoms with Gasteiger partial charge in [0.1, 0.15) is 6.04 Å². The zero-order chi connectivity index (χ0) is 31.9. The van der Waals surface area contributed by atoms with Gasteiger partial charge in [0.2, 0.25) is 17.7 Å². The summed E-state index contributed by atoms with van der Waals surface area (Å²) in [7, 11) is 4.89. The first-order chi connectivity index (χ1) is 19.2. The van der Waals surface area contributed by atoms with Crippen LogP contribution in [0.4, 0.5) is 0 Å². The number of hydrogen-bond donors (Lipinski definition) is 5. The highest BCUT2D eigenvalue weighted by Crippen LogP contribution is 2.11. The van der Waals surface area contributed by atoms with Crippen LogP contribution in [-0.2, 0) is 35.1 Å². The molecular weight excluding hydrogens is 514 g/mol. The number of rotatable bonds is 9. The van der Waals surface area contributed by atoms with Gasteiger partial charge in [0.25, 0.3) is 0 Å². The molecule has 1 saturated heterocycles. The molecular formula is C29H57N5O6. The van der Waals surface area contributed by atoms with Crippen LogP contribution in [0.5, 0.6) is 0 Å². The lowest BCUT2D eigenvalue weighted by atomic mass is 10.1. The molecule has 1 aliphatic heterocycles. The fourth-order valence-corrected chi connectivity index (χ4v) is 2.80. The highest BCUT2D eigenvalue weighted by atomic mass is 16.5.